The molecule has 0 aromatic heterocycles. The Labute approximate surface area is 99.7 Å². The maximum Gasteiger partial charge on any atom is 0.165 e. The highest BCUT2D eigenvalue weighted by Gasteiger charge is 2.11. The summed E-state index contributed by atoms with van der Waals surface area (Å²) in [5.74, 6) is 1.65. The highest BCUT2D eigenvalue weighted by Crippen LogP contribution is 2.33. The lowest BCUT2D eigenvalue weighted by Crippen LogP contribution is -2.11. The van der Waals surface area contributed by atoms with Gasteiger partial charge in [-0.3, -0.25) is 0 Å². The molecule has 0 amide bonds. The summed E-state index contributed by atoms with van der Waals surface area (Å²) in [4.78, 5) is 0. The lowest BCUT2D eigenvalue weighted by atomic mass is 10.2. The van der Waals surface area contributed by atoms with Crippen LogP contribution in [0.5, 0.6) is 11.5 Å². The molecule has 0 saturated heterocycles. The normalized spacial score (nSPS) is 12.3. The van der Waals surface area contributed by atoms with Crippen LogP contribution in [-0.2, 0) is 5.33 Å². The molecule has 0 bridgehead atoms. The summed E-state index contributed by atoms with van der Waals surface area (Å²) in [6, 6.07) is 5.93. The molecule has 0 aliphatic carbocycles. The Morgan fingerprint density at radius 1 is 1.40 bits per heavy atom. The molecule has 15 heavy (non-hydrogen) atoms. The number of methoxy groups -OCH3 is 1. The molecular weight excluding hydrogens is 256 g/mol. The summed E-state index contributed by atoms with van der Waals surface area (Å²) in [6.07, 6.45) is 1.19. The number of rotatable bonds is 5. The van der Waals surface area contributed by atoms with Crippen molar-refractivity contribution < 1.29 is 9.47 Å². The fourth-order valence-electron chi connectivity index (χ4n) is 1.25. The molecule has 0 saturated carbocycles. The van der Waals surface area contributed by atoms with Gasteiger partial charge in [0, 0.05) is 10.9 Å². The molecule has 0 fully saturated rings. The fourth-order valence-corrected chi connectivity index (χ4v) is 1.69. The van der Waals surface area contributed by atoms with Crippen LogP contribution in [0.15, 0.2) is 18.2 Å². The van der Waals surface area contributed by atoms with Gasteiger partial charge in [-0.05, 0) is 19.4 Å². The van der Waals surface area contributed by atoms with Crippen molar-refractivity contribution in [2.45, 2.75) is 31.7 Å². The number of halogens is 1. The minimum atomic E-state index is 0.207. The van der Waals surface area contributed by atoms with Gasteiger partial charge in [-0.2, -0.15) is 0 Å². The van der Waals surface area contributed by atoms with E-state index in [9.17, 15) is 0 Å². The molecule has 1 aromatic carbocycles. The first-order valence-corrected chi connectivity index (χ1v) is 6.23. The van der Waals surface area contributed by atoms with Crippen molar-refractivity contribution in [3.63, 3.8) is 0 Å². The number of para-hydroxylation sites is 1. The molecule has 3 heteroatoms. The predicted octanol–water partition coefficient (Wildman–Crippen LogP) is 3.77. The van der Waals surface area contributed by atoms with Gasteiger partial charge in [0.05, 0.1) is 13.2 Å². The summed E-state index contributed by atoms with van der Waals surface area (Å²) in [5.41, 5.74) is 1.12. The Kier molecular flexibility index (Phi) is 4.95. The Hall–Kier alpha value is -0.700. The van der Waals surface area contributed by atoms with E-state index in [4.69, 9.17) is 9.47 Å². The summed E-state index contributed by atoms with van der Waals surface area (Å²) in [6.45, 7) is 4.17. The molecule has 1 atom stereocenters. The van der Waals surface area contributed by atoms with Crippen molar-refractivity contribution in [3.8, 4) is 11.5 Å². The van der Waals surface area contributed by atoms with E-state index < -0.39 is 0 Å². The first kappa shape index (κ1) is 12.4. The average Bonchev–Trinajstić information content (AvgIpc) is 2.29. The molecule has 0 aliphatic rings. The van der Waals surface area contributed by atoms with E-state index in [0.29, 0.717) is 0 Å². The lowest BCUT2D eigenvalue weighted by molar-refractivity contribution is 0.206. The Bertz CT molecular complexity index is 290. The maximum absolute atomic E-state index is 5.85. The van der Waals surface area contributed by atoms with E-state index in [-0.39, 0.29) is 6.10 Å². The van der Waals surface area contributed by atoms with Gasteiger partial charge in [0.15, 0.2) is 11.5 Å². The van der Waals surface area contributed by atoms with Crippen molar-refractivity contribution in [1.29, 1.82) is 0 Å². The third-order valence-corrected chi connectivity index (χ3v) is 2.92. The topological polar surface area (TPSA) is 18.5 Å². The minimum Gasteiger partial charge on any atom is -0.493 e. The predicted molar refractivity (Wildman–Crippen MR) is 66.0 cm³/mol. The van der Waals surface area contributed by atoms with Crippen LogP contribution in [0.3, 0.4) is 0 Å². The van der Waals surface area contributed by atoms with Gasteiger partial charge in [0.1, 0.15) is 0 Å². The second-order valence-corrected chi connectivity index (χ2v) is 3.98. The number of hydrogen-bond acceptors (Lipinski definition) is 2. The molecule has 0 heterocycles. The highest BCUT2D eigenvalue weighted by atomic mass is 79.9. The summed E-state index contributed by atoms with van der Waals surface area (Å²) >= 11 is 3.45. The van der Waals surface area contributed by atoms with Crippen LogP contribution in [0.25, 0.3) is 0 Å². The number of hydrogen-bond donors (Lipinski definition) is 0. The van der Waals surface area contributed by atoms with E-state index in [1.165, 1.54) is 0 Å². The van der Waals surface area contributed by atoms with E-state index in [1.807, 2.05) is 18.2 Å². The lowest BCUT2D eigenvalue weighted by Gasteiger charge is -2.17. The maximum atomic E-state index is 5.85. The van der Waals surface area contributed by atoms with E-state index in [2.05, 4.69) is 29.8 Å². The Morgan fingerprint density at radius 3 is 2.67 bits per heavy atom. The van der Waals surface area contributed by atoms with Crippen LogP contribution in [-0.4, -0.2) is 13.2 Å². The van der Waals surface area contributed by atoms with Crippen molar-refractivity contribution in [2.75, 3.05) is 7.11 Å². The Balaban J connectivity index is 2.99. The second kappa shape index (κ2) is 6.01. The van der Waals surface area contributed by atoms with Gasteiger partial charge in [0.25, 0.3) is 0 Å². The highest BCUT2D eigenvalue weighted by molar-refractivity contribution is 9.08. The molecule has 84 valence electrons. The summed E-state index contributed by atoms with van der Waals surface area (Å²) < 4.78 is 11.1. The second-order valence-electron chi connectivity index (χ2n) is 3.42. The van der Waals surface area contributed by atoms with E-state index in [0.717, 1.165) is 28.8 Å². The zero-order valence-electron chi connectivity index (χ0n) is 9.42. The third kappa shape index (κ3) is 3.13. The van der Waals surface area contributed by atoms with Crippen LogP contribution in [0, 0.1) is 0 Å². The largest absolute Gasteiger partial charge is 0.493 e. The quantitative estimate of drug-likeness (QED) is 0.760. The van der Waals surface area contributed by atoms with Gasteiger partial charge < -0.3 is 9.47 Å². The van der Waals surface area contributed by atoms with Gasteiger partial charge in [-0.25, -0.2) is 0 Å². The standard InChI is InChI=1S/C12H17BrO2/c1-4-9(2)15-12-10(8-13)6-5-7-11(12)14-3/h5-7,9H,4,8H2,1-3H3. The van der Waals surface area contributed by atoms with Gasteiger partial charge in [-0.15, -0.1) is 0 Å². The molecular formula is C12H17BrO2. The molecule has 0 spiro atoms. The molecule has 0 radical (unpaired) electrons. The zero-order chi connectivity index (χ0) is 11.3. The molecule has 0 aliphatic heterocycles. The molecule has 1 unspecified atom stereocenters. The van der Waals surface area contributed by atoms with Crippen LogP contribution >= 0.6 is 15.9 Å². The van der Waals surface area contributed by atoms with Gasteiger partial charge in [0.2, 0.25) is 0 Å². The van der Waals surface area contributed by atoms with Crippen LogP contribution in [0.2, 0.25) is 0 Å². The minimum absolute atomic E-state index is 0.207. The molecule has 1 rings (SSSR count). The third-order valence-electron chi connectivity index (χ3n) is 2.32. The summed E-state index contributed by atoms with van der Waals surface area (Å²) in [5, 5.41) is 0.774. The first-order valence-electron chi connectivity index (χ1n) is 5.11. The van der Waals surface area contributed by atoms with Crippen molar-refractivity contribution in [1.82, 2.24) is 0 Å². The average molecular weight is 273 g/mol. The monoisotopic (exact) mass is 272 g/mol. The van der Waals surface area contributed by atoms with Crippen molar-refractivity contribution >= 4 is 15.9 Å². The number of benzene rings is 1. The van der Waals surface area contributed by atoms with Gasteiger partial charge in [-0.1, -0.05) is 35.0 Å². The van der Waals surface area contributed by atoms with E-state index >= 15 is 0 Å². The van der Waals surface area contributed by atoms with E-state index in [1.54, 1.807) is 7.11 Å². The number of ether oxygens (including phenoxy) is 2. The Morgan fingerprint density at radius 2 is 2.13 bits per heavy atom. The van der Waals surface area contributed by atoms with Crippen LogP contribution < -0.4 is 9.47 Å². The van der Waals surface area contributed by atoms with Gasteiger partial charge >= 0.3 is 0 Å². The molecule has 2 nitrogen and oxygen atoms in total. The molecule has 0 N–H and O–H groups in total. The van der Waals surface area contributed by atoms with Crippen molar-refractivity contribution in [3.05, 3.63) is 23.8 Å². The zero-order valence-corrected chi connectivity index (χ0v) is 11.0. The fraction of sp³-hybridized carbons (Fsp3) is 0.500. The van der Waals surface area contributed by atoms with Crippen LogP contribution in [0.4, 0.5) is 0 Å². The summed E-state index contributed by atoms with van der Waals surface area (Å²) in [7, 11) is 1.66. The SMILES string of the molecule is CCC(C)Oc1c(CBr)cccc1OC. The van der Waals surface area contributed by atoms with Crippen molar-refractivity contribution in [2.24, 2.45) is 0 Å². The first-order chi connectivity index (χ1) is 7.22. The smallest absolute Gasteiger partial charge is 0.165 e. The number of alkyl halides is 1. The van der Waals surface area contributed by atoms with Crippen LogP contribution in [0.1, 0.15) is 25.8 Å². The molecule has 1 aromatic rings.